The lowest BCUT2D eigenvalue weighted by Crippen LogP contribution is -2.05. The van der Waals surface area contributed by atoms with Gasteiger partial charge in [-0.15, -0.1) is 0 Å². The van der Waals surface area contributed by atoms with Crippen LogP contribution in [0.2, 0.25) is 5.02 Å². The first-order valence-electron chi connectivity index (χ1n) is 6.50. The van der Waals surface area contributed by atoms with E-state index >= 15 is 0 Å². The molecule has 1 aromatic carbocycles. The molecule has 0 radical (unpaired) electrons. The average molecular weight is 294 g/mol. The second kappa shape index (κ2) is 6.09. The molecule has 0 atom stereocenters. The topological polar surface area (TPSA) is 52.3 Å². The van der Waals surface area contributed by atoms with Crippen molar-refractivity contribution in [2.24, 2.45) is 0 Å². The molecule has 0 saturated heterocycles. The van der Waals surface area contributed by atoms with Crippen LogP contribution in [0.15, 0.2) is 22.6 Å². The predicted molar refractivity (Wildman–Crippen MR) is 77.0 cm³/mol. The number of oxazole rings is 1. The molecule has 2 aromatic rings. The first kappa shape index (κ1) is 14.6. The SMILES string of the molecule is CCOC(=O)c1oc(-c2ccc(C)c(Cl)c2)nc1CC. The molecule has 0 spiro atoms. The van der Waals surface area contributed by atoms with Crippen LogP contribution in [-0.4, -0.2) is 17.6 Å². The normalized spacial score (nSPS) is 10.6. The average Bonchev–Trinajstić information content (AvgIpc) is 2.86. The van der Waals surface area contributed by atoms with E-state index in [2.05, 4.69) is 4.98 Å². The zero-order valence-electron chi connectivity index (χ0n) is 11.7. The standard InChI is InChI=1S/C15H16ClNO3/c1-4-12-13(15(18)19-5-2)20-14(17-12)10-7-6-9(3)11(16)8-10/h6-8H,4-5H2,1-3H3. The maximum atomic E-state index is 11.8. The van der Waals surface area contributed by atoms with Gasteiger partial charge in [-0.1, -0.05) is 24.6 Å². The van der Waals surface area contributed by atoms with Crippen LogP contribution in [0, 0.1) is 6.92 Å². The van der Waals surface area contributed by atoms with E-state index < -0.39 is 5.97 Å². The van der Waals surface area contributed by atoms with E-state index in [4.69, 9.17) is 20.8 Å². The number of nitrogens with zero attached hydrogens (tertiary/aromatic N) is 1. The number of rotatable bonds is 4. The number of aryl methyl sites for hydroxylation is 2. The number of hydrogen-bond acceptors (Lipinski definition) is 4. The van der Waals surface area contributed by atoms with Gasteiger partial charge in [-0.3, -0.25) is 0 Å². The smallest absolute Gasteiger partial charge is 0.376 e. The van der Waals surface area contributed by atoms with Gasteiger partial charge in [-0.2, -0.15) is 0 Å². The van der Waals surface area contributed by atoms with Gasteiger partial charge >= 0.3 is 5.97 Å². The van der Waals surface area contributed by atoms with E-state index in [1.165, 1.54) is 0 Å². The molecule has 5 heteroatoms. The lowest BCUT2D eigenvalue weighted by atomic mass is 10.1. The van der Waals surface area contributed by atoms with Crippen molar-refractivity contribution in [1.82, 2.24) is 4.98 Å². The summed E-state index contributed by atoms with van der Waals surface area (Å²) in [5.41, 5.74) is 2.31. The van der Waals surface area contributed by atoms with Crippen molar-refractivity contribution in [3.8, 4) is 11.5 Å². The van der Waals surface area contributed by atoms with Gasteiger partial charge in [0.1, 0.15) is 0 Å². The van der Waals surface area contributed by atoms with Crippen LogP contribution in [0.25, 0.3) is 11.5 Å². The highest BCUT2D eigenvalue weighted by Gasteiger charge is 2.21. The van der Waals surface area contributed by atoms with Crippen molar-refractivity contribution in [1.29, 1.82) is 0 Å². The molecule has 0 aliphatic carbocycles. The Labute approximate surface area is 122 Å². The van der Waals surface area contributed by atoms with Gasteiger partial charge in [0.2, 0.25) is 11.7 Å². The number of aromatic nitrogens is 1. The van der Waals surface area contributed by atoms with Crippen LogP contribution < -0.4 is 0 Å². The van der Waals surface area contributed by atoms with Gasteiger partial charge in [-0.25, -0.2) is 9.78 Å². The maximum absolute atomic E-state index is 11.8. The molecule has 0 aliphatic rings. The third kappa shape index (κ3) is 2.85. The third-order valence-electron chi connectivity index (χ3n) is 2.91. The number of hydrogen-bond donors (Lipinski definition) is 0. The second-order valence-electron chi connectivity index (χ2n) is 4.33. The van der Waals surface area contributed by atoms with E-state index in [1.54, 1.807) is 13.0 Å². The fourth-order valence-electron chi connectivity index (χ4n) is 1.80. The highest BCUT2D eigenvalue weighted by molar-refractivity contribution is 6.31. The number of esters is 1. The Morgan fingerprint density at radius 1 is 1.40 bits per heavy atom. The fourth-order valence-corrected chi connectivity index (χ4v) is 1.98. The quantitative estimate of drug-likeness (QED) is 0.798. The fraction of sp³-hybridized carbons (Fsp3) is 0.333. The van der Waals surface area contributed by atoms with Gasteiger partial charge < -0.3 is 9.15 Å². The lowest BCUT2D eigenvalue weighted by Gasteiger charge is -2.00. The Morgan fingerprint density at radius 3 is 2.75 bits per heavy atom. The lowest BCUT2D eigenvalue weighted by molar-refractivity contribution is 0.0489. The zero-order chi connectivity index (χ0) is 14.7. The van der Waals surface area contributed by atoms with Crippen molar-refractivity contribution in [2.45, 2.75) is 27.2 Å². The largest absolute Gasteiger partial charge is 0.460 e. The molecule has 0 bridgehead atoms. The van der Waals surface area contributed by atoms with Crippen LogP contribution in [0.4, 0.5) is 0 Å². The van der Waals surface area contributed by atoms with Crippen molar-refractivity contribution in [2.75, 3.05) is 6.61 Å². The summed E-state index contributed by atoms with van der Waals surface area (Å²) in [6.07, 6.45) is 0.594. The number of ether oxygens (including phenoxy) is 1. The van der Waals surface area contributed by atoms with Crippen LogP contribution in [-0.2, 0) is 11.2 Å². The molecular weight excluding hydrogens is 278 g/mol. The molecule has 106 valence electrons. The minimum absolute atomic E-state index is 0.168. The monoisotopic (exact) mass is 293 g/mol. The maximum Gasteiger partial charge on any atom is 0.376 e. The Hall–Kier alpha value is -1.81. The van der Waals surface area contributed by atoms with E-state index in [0.717, 1.165) is 11.1 Å². The van der Waals surface area contributed by atoms with Crippen molar-refractivity contribution >= 4 is 17.6 Å². The van der Waals surface area contributed by atoms with Gasteiger partial charge in [0.05, 0.1) is 12.3 Å². The highest BCUT2D eigenvalue weighted by atomic mass is 35.5. The molecule has 0 saturated carbocycles. The Kier molecular flexibility index (Phi) is 4.45. The first-order valence-corrected chi connectivity index (χ1v) is 6.88. The minimum Gasteiger partial charge on any atom is -0.460 e. The molecule has 0 amide bonds. The number of halogens is 1. The first-order chi connectivity index (χ1) is 9.56. The number of carbonyl (C=O) groups excluding carboxylic acids is 1. The summed E-state index contributed by atoms with van der Waals surface area (Å²) in [6, 6.07) is 5.52. The van der Waals surface area contributed by atoms with Gasteiger partial charge in [0.15, 0.2) is 0 Å². The van der Waals surface area contributed by atoms with E-state index in [0.29, 0.717) is 29.6 Å². The molecule has 4 nitrogen and oxygen atoms in total. The molecular formula is C15H16ClNO3. The van der Waals surface area contributed by atoms with Crippen LogP contribution in [0.3, 0.4) is 0 Å². The Bertz CT molecular complexity index is 634. The summed E-state index contributed by atoms with van der Waals surface area (Å²) < 4.78 is 10.5. The molecule has 2 rings (SSSR count). The number of benzene rings is 1. The number of carbonyl (C=O) groups is 1. The summed E-state index contributed by atoms with van der Waals surface area (Å²) in [4.78, 5) is 16.2. The van der Waals surface area contributed by atoms with Crippen molar-refractivity contribution in [3.63, 3.8) is 0 Å². The minimum atomic E-state index is -0.485. The van der Waals surface area contributed by atoms with Crippen LogP contribution >= 0.6 is 11.6 Å². The molecule has 0 aliphatic heterocycles. The summed E-state index contributed by atoms with van der Waals surface area (Å²) in [7, 11) is 0. The zero-order valence-corrected chi connectivity index (χ0v) is 12.5. The van der Waals surface area contributed by atoms with Crippen molar-refractivity contribution in [3.05, 3.63) is 40.2 Å². The second-order valence-corrected chi connectivity index (χ2v) is 4.74. The molecule has 0 N–H and O–H groups in total. The summed E-state index contributed by atoms with van der Waals surface area (Å²) in [5.74, 6) is 0.0640. The van der Waals surface area contributed by atoms with Gasteiger partial charge in [0.25, 0.3) is 0 Å². The van der Waals surface area contributed by atoms with E-state index in [-0.39, 0.29) is 5.76 Å². The predicted octanol–water partition coefficient (Wildman–Crippen LogP) is 4.04. The van der Waals surface area contributed by atoms with Gasteiger partial charge in [-0.05, 0) is 38.0 Å². The molecule has 1 aromatic heterocycles. The third-order valence-corrected chi connectivity index (χ3v) is 3.32. The van der Waals surface area contributed by atoms with Gasteiger partial charge in [0, 0.05) is 10.6 Å². The highest BCUT2D eigenvalue weighted by Crippen LogP contribution is 2.27. The summed E-state index contributed by atoms with van der Waals surface area (Å²) in [5, 5.41) is 0.636. The summed E-state index contributed by atoms with van der Waals surface area (Å²) >= 11 is 6.10. The molecule has 0 fully saturated rings. The van der Waals surface area contributed by atoms with Crippen LogP contribution in [0.1, 0.15) is 35.7 Å². The van der Waals surface area contributed by atoms with E-state index in [9.17, 15) is 4.79 Å². The molecule has 0 unspecified atom stereocenters. The Balaban J connectivity index is 2.42. The molecule has 1 heterocycles. The van der Waals surface area contributed by atoms with Crippen molar-refractivity contribution < 1.29 is 13.9 Å². The van der Waals surface area contributed by atoms with E-state index in [1.807, 2.05) is 26.0 Å². The van der Waals surface area contributed by atoms with Crippen LogP contribution in [0.5, 0.6) is 0 Å². The Morgan fingerprint density at radius 2 is 2.15 bits per heavy atom. The summed E-state index contributed by atoms with van der Waals surface area (Å²) in [6.45, 7) is 5.88. The molecule has 20 heavy (non-hydrogen) atoms.